The zero-order valence-corrected chi connectivity index (χ0v) is 9.93. The number of carboxylic acids is 1. The molecule has 94 valence electrons. The van der Waals surface area contributed by atoms with Crippen LogP contribution in [0.5, 0.6) is 11.5 Å². The highest BCUT2D eigenvalue weighted by molar-refractivity contribution is 5.88. The molecule has 0 bridgehead atoms. The van der Waals surface area contributed by atoms with Gasteiger partial charge in [-0.3, -0.25) is 0 Å². The van der Waals surface area contributed by atoms with Gasteiger partial charge in [0, 0.05) is 7.11 Å². The van der Waals surface area contributed by atoms with Crippen molar-refractivity contribution in [2.75, 3.05) is 26.9 Å². The number of carboxylic acid groups (broad SMARTS) is 1. The molecule has 0 atom stereocenters. The summed E-state index contributed by atoms with van der Waals surface area (Å²) < 4.78 is 15.6. The van der Waals surface area contributed by atoms with E-state index in [4.69, 9.17) is 19.3 Å². The summed E-state index contributed by atoms with van der Waals surface area (Å²) in [4.78, 5) is 10.8. The van der Waals surface area contributed by atoms with Crippen molar-refractivity contribution in [1.82, 2.24) is 0 Å². The highest BCUT2D eigenvalue weighted by atomic mass is 16.5. The smallest absolute Gasteiger partial charge is 0.335 e. The quantitative estimate of drug-likeness (QED) is 0.736. The van der Waals surface area contributed by atoms with Crippen molar-refractivity contribution in [3.05, 3.63) is 23.8 Å². The molecule has 0 unspecified atom stereocenters. The molecule has 0 amide bonds. The van der Waals surface area contributed by atoms with Gasteiger partial charge < -0.3 is 19.3 Å². The molecule has 0 aliphatic heterocycles. The second kappa shape index (κ2) is 6.75. The molecule has 1 N–H and O–H groups in total. The normalized spacial score (nSPS) is 10.0. The zero-order chi connectivity index (χ0) is 12.7. The summed E-state index contributed by atoms with van der Waals surface area (Å²) in [5.41, 5.74) is 0.174. The van der Waals surface area contributed by atoms with Crippen LogP contribution in [-0.2, 0) is 4.74 Å². The molecular weight excluding hydrogens is 224 g/mol. The van der Waals surface area contributed by atoms with Gasteiger partial charge in [0.25, 0.3) is 0 Å². The summed E-state index contributed by atoms with van der Waals surface area (Å²) in [5.74, 6) is -0.0354. The van der Waals surface area contributed by atoms with Gasteiger partial charge in [0.2, 0.25) is 0 Å². The van der Waals surface area contributed by atoms with Crippen molar-refractivity contribution >= 4 is 5.97 Å². The molecule has 0 aliphatic carbocycles. The Morgan fingerprint density at radius 3 is 2.59 bits per heavy atom. The Hall–Kier alpha value is -1.75. The predicted octanol–water partition coefficient (Wildman–Crippen LogP) is 1.81. The van der Waals surface area contributed by atoms with Crippen LogP contribution < -0.4 is 9.47 Å². The lowest BCUT2D eigenvalue weighted by Crippen LogP contribution is -2.07. The minimum Gasteiger partial charge on any atom is -0.490 e. The van der Waals surface area contributed by atoms with Crippen LogP contribution in [0.1, 0.15) is 17.3 Å². The van der Waals surface area contributed by atoms with Gasteiger partial charge >= 0.3 is 5.97 Å². The Bertz CT molecular complexity index is 375. The van der Waals surface area contributed by atoms with E-state index in [0.29, 0.717) is 31.3 Å². The van der Waals surface area contributed by atoms with Crippen LogP contribution >= 0.6 is 0 Å². The summed E-state index contributed by atoms with van der Waals surface area (Å²) >= 11 is 0. The van der Waals surface area contributed by atoms with E-state index in [2.05, 4.69) is 0 Å². The number of methoxy groups -OCH3 is 1. The Balaban J connectivity index is 2.83. The van der Waals surface area contributed by atoms with Crippen LogP contribution in [-0.4, -0.2) is 38.0 Å². The number of aromatic carboxylic acids is 1. The minimum atomic E-state index is -0.991. The predicted molar refractivity (Wildman–Crippen MR) is 61.9 cm³/mol. The van der Waals surface area contributed by atoms with Gasteiger partial charge in [-0.25, -0.2) is 4.79 Å². The standard InChI is InChI=1S/C12H16O5/c1-3-16-11-8-9(12(13)14)4-5-10(11)17-7-6-15-2/h4-5,8H,3,6-7H2,1-2H3,(H,13,14). The SMILES string of the molecule is CCOc1cc(C(=O)O)ccc1OCCOC. The third-order valence-corrected chi connectivity index (χ3v) is 2.04. The molecular formula is C12H16O5. The first-order valence-corrected chi connectivity index (χ1v) is 5.31. The Kier molecular flexibility index (Phi) is 5.29. The summed E-state index contributed by atoms with van der Waals surface area (Å²) in [6, 6.07) is 4.52. The minimum absolute atomic E-state index is 0.174. The van der Waals surface area contributed by atoms with Gasteiger partial charge in [0.15, 0.2) is 11.5 Å². The largest absolute Gasteiger partial charge is 0.490 e. The molecule has 17 heavy (non-hydrogen) atoms. The Labute approximate surface area is 99.9 Å². The van der Waals surface area contributed by atoms with Gasteiger partial charge in [-0.1, -0.05) is 0 Å². The van der Waals surface area contributed by atoms with E-state index in [9.17, 15) is 4.79 Å². The molecule has 5 nitrogen and oxygen atoms in total. The van der Waals surface area contributed by atoms with Crippen LogP contribution in [0.15, 0.2) is 18.2 Å². The second-order valence-corrected chi connectivity index (χ2v) is 3.24. The lowest BCUT2D eigenvalue weighted by Gasteiger charge is -2.12. The Morgan fingerprint density at radius 2 is 2.00 bits per heavy atom. The van der Waals surface area contributed by atoms with Gasteiger partial charge in [0.05, 0.1) is 18.8 Å². The van der Waals surface area contributed by atoms with E-state index in [-0.39, 0.29) is 5.56 Å². The highest BCUT2D eigenvalue weighted by Gasteiger charge is 2.10. The fourth-order valence-electron chi connectivity index (χ4n) is 1.26. The molecule has 0 fully saturated rings. The number of carbonyl (C=O) groups is 1. The van der Waals surface area contributed by atoms with Gasteiger partial charge in [-0.2, -0.15) is 0 Å². The number of rotatable bonds is 7. The lowest BCUT2D eigenvalue weighted by molar-refractivity contribution is 0.0696. The van der Waals surface area contributed by atoms with Crippen molar-refractivity contribution < 1.29 is 24.1 Å². The lowest BCUT2D eigenvalue weighted by atomic mass is 10.2. The average molecular weight is 240 g/mol. The molecule has 0 spiro atoms. The summed E-state index contributed by atoms with van der Waals surface area (Å²) in [6.07, 6.45) is 0. The van der Waals surface area contributed by atoms with Crippen molar-refractivity contribution in [3.8, 4) is 11.5 Å². The molecule has 5 heteroatoms. The molecule has 0 saturated heterocycles. The van der Waals surface area contributed by atoms with E-state index in [1.54, 1.807) is 13.2 Å². The maximum absolute atomic E-state index is 10.8. The monoisotopic (exact) mass is 240 g/mol. The fraction of sp³-hybridized carbons (Fsp3) is 0.417. The first-order chi connectivity index (χ1) is 8.19. The summed E-state index contributed by atoms with van der Waals surface area (Å²) in [6.45, 7) is 3.13. The average Bonchev–Trinajstić information content (AvgIpc) is 2.31. The van der Waals surface area contributed by atoms with Gasteiger partial charge in [-0.15, -0.1) is 0 Å². The second-order valence-electron chi connectivity index (χ2n) is 3.24. The highest BCUT2D eigenvalue weighted by Crippen LogP contribution is 2.28. The molecule has 0 aliphatic rings. The first kappa shape index (κ1) is 13.3. The maximum atomic E-state index is 10.8. The van der Waals surface area contributed by atoms with Crippen LogP contribution in [0, 0.1) is 0 Å². The topological polar surface area (TPSA) is 65.0 Å². The van der Waals surface area contributed by atoms with Crippen LogP contribution in [0.4, 0.5) is 0 Å². The third-order valence-electron chi connectivity index (χ3n) is 2.04. The maximum Gasteiger partial charge on any atom is 0.335 e. The molecule has 0 radical (unpaired) electrons. The molecule has 0 heterocycles. The number of ether oxygens (including phenoxy) is 3. The number of hydrogen-bond acceptors (Lipinski definition) is 4. The molecule has 1 aromatic carbocycles. The molecule has 0 aromatic heterocycles. The van der Waals surface area contributed by atoms with E-state index in [0.717, 1.165) is 0 Å². The van der Waals surface area contributed by atoms with Crippen LogP contribution in [0.3, 0.4) is 0 Å². The van der Waals surface area contributed by atoms with E-state index in [1.807, 2.05) is 6.92 Å². The number of hydrogen-bond donors (Lipinski definition) is 1. The first-order valence-electron chi connectivity index (χ1n) is 5.31. The molecule has 0 saturated carbocycles. The summed E-state index contributed by atoms with van der Waals surface area (Å²) in [7, 11) is 1.58. The van der Waals surface area contributed by atoms with Crippen molar-refractivity contribution in [1.29, 1.82) is 0 Å². The van der Waals surface area contributed by atoms with Crippen molar-refractivity contribution in [3.63, 3.8) is 0 Å². The zero-order valence-electron chi connectivity index (χ0n) is 9.93. The van der Waals surface area contributed by atoms with Crippen molar-refractivity contribution in [2.45, 2.75) is 6.92 Å². The fourth-order valence-corrected chi connectivity index (χ4v) is 1.26. The van der Waals surface area contributed by atoms with E-state index in [1.165, 1.54) is 12.1 Å². The number of benzene rings is 1. The van der Waals surface area contributed by atoms with Gasteiger partial charge in [-0.05, 0) is 25.1 Å². The van der Waals surface area contributed by atoms with Crippen LogP contribution in [0.2, 0.25) is 0 Å². The molecule has 1 aromatic rings. The van der Waals surface area contributed by atoms with Crippen LogP contribution in [0.25, 0.3) is 0 Å². The van der Waals surface area contributed by atoms with Gasteiger partial charge in [0.1, 0.15) is 6.61 Å². The van der Waals surface area contributed by atoms with E-state index < -0.39 is 5.97 Å². The third kappa shape index (κ3) is 3.96. The summed E-state index contributed by atoms with van der Waals surface area (Å²) in [5, 5.41) is 8.87. The van der Waals surface area contributed by atoms with E-state index >= 15 is 0 Å². The van der Waals surface area contributed by atoms with Crippen molar-refractivity contribution in [2.24, 2.45) is 0 Å². The molecule has 1 rings (SSSR count). The Morgan fingerprint density at radius 1 is 1.24 bits per heavy atom.